The van der Waals surface area contributed by atoms with Crippen molar-refractivity contribution in [2.45, 2.75) is 20.0 Å². The van der Waals surface area contributed by atoms with E-state index in [1.807, 2.05) is 6.92 Å². The SMILES string of the molecule is CCc1cc(NC(=O)c2ncc(-c3ccc(OC(F)F)c(F)c3F)n2C)ccc1C(=O)NCCOCCN.Cl. The van der Waals surface area contributed by atoms with Crippen molar-refractivity contribution in [3.63, 3.8) is 0 Å². The summed E-state index contributed by atoms with van der Waals surface area (Å²) in [5.74, 6) is -5.01. The third-order valence-corrected chi connectivity index (χ3v) is 5.51. The second kappa shape index (κ2) is 14.5. The van der Waals surface area contributed by atoms with Crippen LogP contribution in [-0.4, -0.2) is 54.3 Å². The summed E-state index contributed by atoms with van der Waals surface area (Å²) in [6, 6.07) is 6.70. The summed E-state index contributed by atoms with van der Waals surface area (Å²) < 4.78 is 64.0. The van der Waals surface area contributed by atoms with Gasteiger partial charge in [0.15, 0.2) is 17.4 Å². The van der Waals surface area contributed by atoms with Crippen molar-refractivity contribution in [1.82, 2.24) is 14.9 Å². The lowest BCUT2D eigenvalue weighted by Gasteiger charge is -2.13. The summed E-state index contributed by atoms with van der Waals surface area (Å²) in [6.07, 6.45) is 1.67. The van der Waals surface area contributed by atoms with Gasteiger partial charge in [0.2, 0.25) is 5.82 Å². The highest BCUT2D eigenvalue weighted by molar-refractivity contribution is 6.03. The maximum Gasteiger partial charge on any atom is 0.387 e. The number of carbonyl (C=O) groups excluding carboxylic acids is 2. The molecule has 0 saturated carbocycles. The van der Waals surface area contributed by atoms with Crippen LogP contribution in [0, 0.1) is 11.6 Å². The lowest BCUT2D eigenvalue weighted by atomic mass is 10.0. The number of anilines is 1. The maximum atomic E-state index is 14.6. The second-order valence-electron chi connectivity index (χ2n) is 7.98. The van der Waals surface area contributed by atoms with E-state index in [1.165, 1.54) is 11.6 Å². The summed E-state index contributed by atoms with van der Waals surface area (Å²) in [5.41, 5.74) is 6.61. The fourth-order valence-electron chi connectivity index (χ4n) is 3.68. The molecule has 0 saturated heterocycles. The largest absolute Gasteiger partial charge is 0.432 e. The number of nitrogens with zero attached hydrogens (tertiary/aromatic N) is 2. The number of aryl methyl sites for hydroxylation is 1. The van der Waals surface area contributed by atoms with Crippen LogP contribution in [-0.2, 0) is 18.2 Å². The fraction of sp³-hybridized carbons (Fsp3) is 0.320. The third kappa shape index (κ3) is 7.68. The zero-order valence-electron chi connectivity index (χ0n) is 21.1. The molecule has 0 unspecified atom stereocenters. The van der Waals surface area contributed by atoms with E-state index < -0.39 is 29.9 Å². The summed E-state index contributed by atoms with van der Waals surface area (Å²) >= 11 is 0. The number of aromatic nitrogens is 2. The number of imidazole rings is 1. The number of ether oxygens (including phenoxy) is 2. The molecule has 14 heteroatoms. The van der Waals surface area contributed by atoms with Crippen molar-refractivity contribution in [3.05, 3.63) is 65.1 Å². The molecular weight excluding hydrogens is 546 g/mol. The first-order valence-electron chi connectivity index (χ1n) is 11.6. The summed E-state index contributed by atoms with van der Waals surface area (Å²) in [6.45, 7) is -0.0285. The Morgan fingerprint density at radius 1 is 1.10 bits per heavy atom. The van der Waals surface area contributed by atoms with Gasteiger partial charge < -0.3 is 30.4 Å². The van der Waals surface area contributed by atoms with Crippen LogP contribution < -0.4 is 21.1 Å². The smallest absolute Gasteiger partial charge is 0.387 e. The lowest BCUT2D eigenvalue weighted by molar-refractivity contribution is -0.0525. The number of benzene rings is 2. The number of alkyl halides is 2. The highest BCUT2D eigenvalue weighted by atomic mass is 35.5. The molecule has 4 N–H and O–H groups in total. The Labute approximate surface area is 228 Å². The number of rotatable bonds is 12. The van der Waals surface area contributed by atoms with Crippen LogP contribution in [0.4, 0.5) is 23.2 Å². The maximum absolute atomic E-state index is 14.6. The van der Waals surface area contributed by atoms with Gasteiger partial charge in [-0.25, -0.2) is 9.37 Å². The van der Waals surface area contributed by atoms with Crippen molar-refractivity contribution >= 4 is 29.9 Å². The van der Waals surface area contributed by atoms with Crippen molar-refractivity contribution < 1.29 is 36.6 Å². The van der Waals surface area contributed by atoms with Gasteiger partial charge in [-0.1, -0.05) is 6.92 Å². The summed E-state index contributed by atoms with van der Waals surface area (Å²) in [4.78, 5) is 29.4. The molecule has 0 spiro atoms. The lowest BCUT2D eigenvalue weighted by Crippen LogP contribution is -2.28. The van der Waals surface area contributed by atoms with Crippen LogP contribution in [0.25, 0.3) is 11.3 Å². The molecule has 0 aliphatic rings. The molecule has 3 aromatic rings. The molecule has 9 nitrogen and oxygen atoms in total. The van der Waals surface area contributed by atoms with Crippen molar-refractivity contribution in [3.8, 4) is 17.0 Å². The molecule has 0 radical (unpaired) electrons. The Hall–Kier alpha value is -3.68. The molecule has 212 valence electrons. The minimum absolute atomic E-state index is 0. The highest BCUT2D eigenvalue weighted by Gasteiger charge is 2.23. The molecule has 0 bridgehead atoms. The van der Waals surface area contributed by atoms with E-state index in [0.717, 1.165) is 18.3 Å². The van der Waals surface area contributed by atoms with Crippen LogP contribution in [0.1, 0.15) is 33.5 Å². The van der Waals surface area contributed by atoms with E-state index in [2.05, 4.69) is 20.4 Å². The van der Waals surface area contributed by atoms with Gasteiger partial charge in [0.25, 0.3) is 11.8 Å². The Morgan fingerprint density at radius 3 is 2.51 bits per heavy atom. The molecule has 0 aliphatic carbocycles. The molecule has 0 aliphatic heterocycles. The van der Waals surface area contributed by atoms with Crippen molar-refractivity contribution in [1.29, 1.82) is 0 Å². The molecule has 2 amide bonds. The molecule has 2 aromatic carbocycles. The van der Waals surface area contributed by atoms with Gasteiger partial charge in [-0.2, -0.15) is 13.2 Å². The monoisotopic (exact) mass is 573 g/mol. The van der Waals surface area contributed by atoms with Gasteiger partial charge in [0.1, 0.15) is 0 Å². The fourth-order valence-corrected chi connectivity index (χ4v) is 3.68. The Morgan fingerprint density at radius 2 is 1.85 bits per heavy atom. The van der Waals surface area contributed by atoms with Crippen LogP contribution in [0.5, 0.6) is 5.75 Å². The number of nitrogens with one attached hydrogen (secondary N) is 2. The third-order valence-electron chi connectivity index (χ3n) is 5.51. The molecule has 1 heterocycles. The number of hydrogen-bond acceptors (Lipinski definition) is 6. The van der Waals surface area contributed by atoms with Crippen molar-refractivity contribution in [2.75, 3.05) is 31.6 Å². The molecular formula is C25H28ClF4N5O4. The first-order valence-corrected chi connectivity index (χ1v) is 11.6. The quantitative estimate of drug-likeness (QED) is 0.223. The van der Waals surface area contributed by atoms with Crippen molar-refractivity contribution in [2.24, 2.45) is 12.8 Å². The molecule has 0 fully saturated rings. The van der Waals surface area contributed by atoms with Gasteiger partial charge in [-0.15, -0.1) is 12.4 Å². The predicted molar refractivity (Wildman–Crippen MR) is 138 cm³/mol. The van der Waals surface area contributed by atoms with E-state index in [-0.39, 0.29) is 35.4 Å². The number of carbonyl (C=O) groups is 2. The normalized spacial score (nSPS) is 10.8. The van der Waals surface area contributed by atoms with E-state index >= 15 is 0 Å². The molecule has 3 rings (SSSR count). The molecule has 1 aromatic heterocycles. The zero-order valence-corrected chi connectivity index (χ0v) is 21.9. The standard InChI is InChI=1S/C25H27F4N5O4.ClH/c1-3-14-12-15(4-5-16(14)23(35)31-9-11-37-10-8-30)33-24(36)22-32-13-18(34(22)2)17-6-7-19(38-25(28)29)21(27)20(17)26;/h4-7,12-13,25H,3,8-11,30H2,1-2H3,(H,31,35)(H,33,36);1H. The average Bonchev–Trinajstić information content (AvgIpc) is 3.27. The highest BCUT2D eigenvalue weighted by Crippen LogP contribution is 2.31. The second-order valence-corrected chi connectivity index (χ2v) is 7.98. The van der Waals surface area contributed by atoms with E-state index in [1.54, 1.807) is 18.2 Å². The van der Waals surface area contributed by atoms with Gasteiger partial charge >= 0.3 is 6.61 Å². The average molecular weight is 574 g/mol. The number of hydrogen-bond donors (Lipinski definition) is 3. The first-order chi connectivity index (χ1) is 18.2. The zero-order chi connectivity index (χ0) is 27.8. The Kier molecular flexibility index (Phi) is 11.7. The van der Waals surface area contributed by atoms with E-state index in [4.69, 9.17) is 10.5 Å². The number of amides is 2. The molecule has 39 heavy (non-hydrogen) atoms. The topological polar surface area (TPSA) is 120 Å². The first kappa shape index (κ1) is 31.5. The van der Waals surface area contributed by atoms with Crippen LogP contribution in [0.3, 0.4) is 0 Å². The van der Waals surface area contributed by atoms with Crippen LogP contribution >= 0.6 is 12.4 Å². The van der Waals surface area contributed by atoms with Gasteiger partial charge in [-0.3, -0.25) is 9.59 Å². The summed E-state index contributed by atoms with van der Waals surface area (Å²) in [7, 11) is 1.42. The predicted octanol–water partition coefficient (Wildman–Crippen LogP) is 3.91. The van der Waals surface area contributed by atoms with Crippen LogP contribution in [0.2, 0.25) is 0 Å². The van der Waals surface area contributed by atoms with E-state index in [0.29, 0.717) is 49.5 Å². The Balaban J connectivity index is 0.00000533. The van der Waals surface area contributed by atoms with Gasteiger partial charge in [-0.05, 0) is 42.3 Å². The van der Waals surface area contributed by atoms with Crippen LogP contribution in [0.15, 0.2) is 36.5 Å². The molecule has 0 atom stereocenters. The van der Waals surface area contributed by atoms with E-state index in [9.17, 15) is 27.2 Å². The number of nitrogens with two attached hydrogens (primary N) is 1. The van der Waals surface area contributed by atoms with Gasteiger partial charge in [0, 0.05) is 37.0 Å². The Bertz CT molecular complexity index is 1310. The minimum atomic E-state index is -3.32. The summed E-state index contributed by atoms with van der Waals surface area (Å²) in [5, 5.41) is 5.43. The minimum Gasteiger partial charge on any atom is -0.432 e. The van der Waals surface area contributed by atoms with Gasteiger partial charge in [0.05, 0.1) is 25.1 Å². The number of halogens is 5.